The molecule has 0 aromatic heterocycles. The number of amides is 1. The molecule has 0 radical (unpaired) electrons. The first kappa shape index (κ1) is 28.2. The lowest BCUT2D eigenvalue weighted by molar-refractivity contribution is -0.116. The third-order valence-electron chi connectivity index (χ3n) is 5.62. The average Bonchev–Trinajstić information content (AvgIpc) is 2.86. The Balaban J connectivity index is 1.76. The summed E-state index contributed by atoms with van der Waals surface area (Å²) in [5.74, 6) is 0.577. The normalized spacial score (nSPS) is 12.7. The topological polar surface area (TPSA) is 113 Å². The second kappa shape index (κ2) is 11.8. The zero-order valence-electron chi connectivity index (χ0n) is 21.2. The summed E-state index contributed by atoms with van der Waals surface area (Å²) in [7, 11) is -7.45. The SMILES string of the molecule is CCN(CC)S(=O)(=O)c1ccc(NC(=O)[C@@H](C)N(c2ccc(Oc3ccccc3)cc2)S(C)(=O)=O)cc1. The van der Waals surface area contributed by atoms with E-state index >= 15 is 0 Å². The number of para-hydroxylation sites is 1. The summed E-state index contributed by atoms with van der Waals surface area (Å²) in [4.78, 5) is 13.1. The van der Waals surface area contributed by atoms with Crippen molar-refractivity contribution in [3.05, 3.63) is 78.9 Å². The van der Waals surface area contributed by atoms with Gasteiger partial charge in [0, 0.05) is 18.8 Å². The molecule has 37 heavy (non-hydrogen) atoms. The van der Waals surface area contributed by atoms with Crippen molar-refractivity contribution in [2.24, 2.45) is 0 Å². The number of rotatable bonds is 11. The van der Waals surface area contributed by atoms with Crippen LogP contribution in [0.4, 0.5) is 11.4 Å². The molecule has 3 rings (SSSR count). The lowest BCUT2D eigenvalue weighted by atomic mass is 10.2. The number of nitrogens with zero attached hydrogens (tertiary/aromatic N) is 2. The van der Waals surface area contributed by atoms with Crippen LogP contribution in [0, 0.1) is 0 Å². The molecule has 0 saturated carbocycles. The van der Waals surface area contributed by atoms with Crippen molar-refractivity contribution in [3.63, 3.8) is 0 Å². The molecule has 3 aromatic rings. The van der Waals surface area contributed by atoms with E-state index < -0.39 is 32.0 Å². The number of anilines is 2. The molecule has 0 aliphatic rings. The predicted octanol–water partition coefficient (Wildman–Crippen LogP) is 4.30. The molecule has 1 N–H and O–H groups in total. The summed E-state index contributed by atoms with van der Waals surface area (Å²) in [5, 5.41) is 2.67. The first-order chi connectivity index (χ1) is 17.5. The van der Waals surface area contributed by atoms with E-state index in [0.29, 0.717) is 36.0 Å². The maximum atomic E-state index is 13.0. The second-order valence-electron chi connectivity index (χ2n) is 8.25. The average molecular weight is 546 g/mol. The first-order valence-corrected chi connectivity index (χ1v) is 15.0. The highest BCUT2D eigenvalue weighted by molar-refractivity contribution is 7.92. The van der Waals surface area contributed by atoms with Gasteiger partial charge in [-0.2, -0.15) is 4.31 Å². The van der Waals surface area contributed by atoms with Crippen molar-refractivity contribution in [3.8, 4) is 11.5 Å². The van der Waals surface area contributed by atoms with Gasteiger partial charge < -0.3 is 10.1 Å². The zero-order valence-corrected chi connectivity index (χ0v) is 22.8. The Morgan fingerprint density at radius 2 is 1.38 bits per heavy atom. The monoisotopic (exact) mass is 545 g/mol. The highest BCUT2D eigenvalue weighted by atomic mass is 32.2. The summed E-state index contributed by atoms with van der Waals surface area (Å²) in [6.07, 6.45) is 1.03. The van der Waals surface area contributed by atoms with Crippen LogP contribution in [0.2, 0.25) is 0 Å². The van der Waals surface area contributed by atoms with Crippen molar-refractivity contribution in [2.45, 2.75) is 31.7 Å². The Bertz CT molecular complexity index is 1410. The summed E-state index contributed by atoms with van der Waals surface area (Å²) in [5.41, 5.74) is 0.640. The Kier molecular flexibility index (Phi) is 8.95. The van der Waals surface area contributed by atoms with Crippen molar-refractivity contribution in [1.29, 1.82) is 0 Å². The van der Waals surface area contributed by atoms with Gasteiger partial charge in [-0.15, -0.1) is 0 Å². The number of benzene rings is 3. The minimum absolute atomic E-state index is 0.109. The van der Waals surface area contributed by atoms with Crippen LogP contribution in [0.3, 0.4) is 0 Å². The van der Waals surface area contributed by atoms with Gasteiger partial charge in [0.05, 0.1) is 16.8 Å². The predicted molar refractivity (Wildman–Crippen MR) is 145 cm³/mol. The van der Waals surface area contributed by atoms with Crippen LogP contribution < -0.4 is 14.4 Å². The Morgan fingerprint density at radius 1 is 0.838 bits per heavy atom. The molecule has 1 amide bonds. The minimum Gasteiger partial charge on any atom is -0.457 e. The molecule has 198 valence electrons. The highest BCUT2D eigenvalue weighted by Gasteiger charge is 2.29. The van der Waals surface area contributed by atoms with Crippen LogP contribution >= 0.6 is 0 Å². The second-order valence-corrected chi connectivity index (χ2v) is 12.0. The van der Waals surface area contributed by atoms with E-state index in [9.17, 15) is 21.6 Å². The van der Waals surface area contributed by atoms with Gasteiger partial charge in [-0.3, -0.25) is 9.10 Å². The van der Waals surface area contributed by atoms with Gasteiger partial charge in [0.25, 0.3) is 0 Å². The van der Waals surface area contributed by atoms with Gasteiger partial charge in [0.2, 0.25) is 26.0 Å². The first-order valence-electron chi connectivity index (χ1n) is 11.7. The van der Waals surface area contributed by atoms with Gasteiger partial charge in [0.15, 0.2) is 0 Å². The molecule has 0 heterocycles. The minimum atomic E-state index is -3.82. The fraction of sp³-hybridized carbons (Fsp3) is 0.269. The molecule has 9 nitrogen and oxygen atoms in total. The number of carbonyl (C=O) groups is 1. The van der Waals surface area contributed by atoms with Crippen molar-refractivity contribution >= 4 is 37.3 Å². The Hall–Kier alpha value is -3.41. The summed E-state index contributed by atoms with van der Waals surface area (Å²) >= 11 is 0. The fourth-order valence-electron chi connectivity index (χ4n) is 3.76. The van der Waals surface area contributed by atoms with Gasteiger partial charge in [-0.1, -0.05) is 32.0 Å². The molecule has 0 aliphatic carbocycles. The van der Waals surface area contributed by atoms with Gasteiger partial charge >= 0.3 is 0 Å². The molecule has 0 saturated heterocycles. The molecule has 0 fully saturated rings. The Labute approximate surface area is 218 Å². The number of sulfonamides is 2. The maximum absolute atomic E-state index is 13.0. The van der Waals surface area contributed by atoms with Crippen LogP contribution in [-0.2, 0) is 24.8 Å². The van der Waals surface area contributed by atoms with Crippen LogP contribution in [0.15, 0.2) is 83.8 Å². The smallest absolute Gasteiger partial charge is 0.247 e. The van der Waals surface area contributed by atoms with Crippen LogP contribution in [-0.4, -0.2) is 52.4 Å². The molecule has 1 atom stereocenters. The van der Waals surface area contributed by atoms with Gasteiger partial charge in [-0.05, 0) is 67.6 Å². The third kappa shape index (κ3) is 6.88. The van der Waals surface area contributed by atoms with E-state index in [4.69, 9.17) is 4.74 Å². The third-order valence-corrected chi connectivity index (χ3v) is 8.93. The number of hydrogen-bond acceptors (Lipinski definition) is 6. The molecule has 0 unspecified atom stereocenters. The van der Waals surface area contributed by atoms with E-state index in [2.05, 4.69) is 5.32 Å². The number of carbonyl (C=O) groups excluding carboxylic acids is 1. The molecule has 0 spiro atoms. The van der Waals surface area contributed by atoms with Crippen LogP contribution in [0.5, 0.6) is 11.5 Å². The molecule has 0 aliphatic heterocycles. The maximum Gasteiger partial charge on any atom is 0.247 e. The number of ether oxygens (including phenoxy) is 1. The molecular formula is C26H31N3O6S2. The molecule has 11 heteroatoms. The van der Waals surface area contributed by atoms with E-state index in [1.54, 1.807) is 50.2 Å². The van der Waals surface area contributed by atoms with E-state index in [1.165, 1.54) is 35.5 Å². The number of nitrogens with one attached hydrogen (secondary N) is 1. The fourth-order valence-corrected chi connectivity index (χ4v) is 6.40. The zero-order chi connectivity index (χ0) is 27.2. The molecular weight excluding hydrogens is 514 g/mol. The Morgan fingerprint density at radius 3 is 1.89 bits per heavy atom. The largest absolute Gasteiger partial charge is 0.457 e. The van der Waals surface area contributed by atoms with Gasteiger partial charge in [0.1, 0.15) is 17.5 Å². The summed E-state index contributed by atoms with van der Waals surface area (Å²) in [6.45, 7) is 5.68. The van der Waals surface area contributed by atoms with Gasteiger partial charge in [-0.25, -0.2) is 16.8 Å². The lowest BCUT2D eigenvalue weighted by Gasteiger charge is -2.28. The van der Waals surface area contributed by atoms with Crippen LogP contribution in [0.1, 0.15) is 20.8 Å². The van der Waals surface area contributed by atoms with Crippen LogP contribution in [0.25, 0.3) is 0 Å². The van der Waals surface area contributed by atoms with E-state index in [0.717, 1.165) is 10.6 Å². The van der Waals surface area contributed by atoms with Crippen molar-refractivity contribution < 1.29 is 26.4 Å². The summed E-state index contributed by atoms with van der Waals surface area (Å²) in [6, 6.07) is 20.2. The van der Waals surface area contributed by atoms with E-state index in [-0.39, 0.29) is 4.90 Å². The quantitative estimate of drug-likeness (QED) is 0.384. The highest BCUT2D eigenvalue weighted by Crippen LogP contribution is 2.27. The molecule has 3 aromatic carbocycles. The van der Waals surface area contributed by atoms with Crippen molar-refractivity contribution in [1.82, 2.24) is 4.31 Å². The van der Waals surface area contributed by atoms with Crippen molar-refractivity contribution in [2.75, 3.05) is 29.0 Å². The van der Waals surface area contributed by atoms with E-state index in [1.807, 2.05) is 18.2 Å². The summed E-state index contributed by atoms with van der Waals surface area (Å²) < 4.78 is 58.7. The standard InChI is InChI=1S/C26H31N3O6S2/c1-5-28(6-2)37(33,34)25-18-12-21(13-19-25)27-26(30)20(3)29(36(4,31)32)22-14-16-24(17-15-22)35-23-10-8-7-9-11-23/h7-20H,5-6H2,1-4H3,(H,27,30)/t20-/m1/s1. The molecule has 0 bridgehead atoms. The number of hydrogen-bond donors (Lipinski definition) is 1. The lowest BCUT2D eigenvalue weighted by Crippen LogP contribution is -2.45.